The van der Waals surface area contributed by atoms with Gasteiger partial charge in [-0.2, -0.15) is 13.2 Å². The number of nitrogens with zero attached hydrogens (tertiary/aromatic N) is 3. The first-order chi connectivity index (χ1) is 18.8. The zero-order valence-electron chi connectivity index (χ0n) is 21.0. The molecule has 0 radical (unpaired) electrons. The smallest absolute Gasteiger partial charge is 0.433 e. The maximum atomic E-state index is 12.6. The Labute approximate surface area is 223 Å². The maximum Gasteiger partial charge on any atom is 0.433 e. The number of fused-ring (bicyclic) bond motifs is 1. The molecule has 1 saturated carbocycles. The molecule has 39 heavy (non-hydrogen) atoms. The number of anilines is 2. The third-order valence-electron chi connectivity index (χ3n) is 6.47. The summed E-state index contributed by atoms with van der Waals surface area (Å²) >= 11 is 0. The summed E-state index contributed by atoms with van der Waals surface area (Å²) in [5.74, 6) is 0.953. The molecule has 1 fully saturated rings. The van der Waals surface area contributed by atoms with Crippen molar-refractivity contribution in [1.82, 2.24) is 20.3 Å². The van der Waals surface area contributed by atoms with Crippen LogP contribution in [0.1, 0.15) is 43.4 Å². The number of carbonyl (C=O) groups is 1. The number of alkyl halides is 3. The van der Waals surface area contributed by atoms with Crippen LogP contribution in [0.4, 0.5) is 29.3 Å². The largest absolute Gasteiger partial charge is 0.438 e. The van der Waals surface area contributed by atoms with Gasteiger partial charge >= 0.3 is 12.2 Å². The number of ether oxygens (including phenoxy) is 1. The highest BCUT2D eigenvalue weighted by atomic mass is 19.4. The summed E-state index contributed by atoms with van der Waals surface area (Å²) in [7, 11) is 0. The Bertz CT molecular complexity index is 1420. The lowest BCUT2D eigenvalue weighted by Crippen LogP contribution is -2.28. The number of hydrogen-bond donors (Lipinski definition) is 3. The molecule has 3 N–H and O–H groups in total. The predicted octanol–water partition coefficient (Wildman–Crippen LogP) is 6.90. The quantitative estimate of drug-likeness (QED) is 0.238. The third kappa shape index (κ3) is 6.92. The van der Waals surface area contributed by atoms with E-state index in [1.54, 1.807) is 24.3 Å². The lowest BCUT2D eigenvalue weighted by atomic mass is 9.95. The van der Waals surface area contributed by atoms with Gasteiger partial charge in [0, 0.05) is 30.2 Å². The van der Waals surface area contributed by atoms with Crippen molar-refractivity contribution in [1.29, 1.82) is 0 Å². The summed E-state index contributed by atoms with van der Waals surface area (Å²) in [6.07, 6.45) is 4.22. The number of halogens is 3. The van der Waals surface area contributed by atoms with Gasteiger partial charge in [0.05, 0.1) is 10.9 Å². The van der Waals surface area contributed by atoms with Gasteiger partial charge in [0.15, 0.2) is 0 Å². The van der Waals surface area contributed by atoms with Crippen LogP contribution in [0.3, 0.4) is 0 Å². The molecule has 2 aromatic carbocycles. The molecule has 4 aromatic rings. The average molecular weight is 537 g/mol. The molecule has 5 rings (SSSR count). The molecule has 8 nitrogen and oxygen atoms in total. The molecule has 0 spiro atoms. The van der Waals surface area contributed by atoms with Crippen molar-refractivity contribution in [3.63, 3.8) is 0 Å². The fourth-order valence-corrected chi connectivity index (χ4v) is 4.46. The number of nitrogens with one attached hydrogen (secondary N) is 3. The highest BCUT2D eigenvalue weighted by Gasteiger charge is 2.32. The summed E-state index contributed by atoms with van der Waals surface area (Å²) in [4.78, 5) is 24.3. The van der Waals surface area contributed by atoms with Crippen molar-refractivity contribution in [3.05, 3.63) is 78.4 Å². The van der Waals surface area contributed by atoms with E-state index in [4.69, 9.17) is 4.74 Å². The van der Waals surface area contributed by atoms with Crippen LogP contribution in [0.15, 0.2) is 67.1 Å². The number of rotatable bonds is 7. The molecule has 0 saturated heterocycles. The summed E-state index contributed by atoms with van der Waals surface area (Å²) < 4.78 is 43.9. The van der Waals surface area contributed by atoms with Gasteiger partial charge in [0.1, 0.15) is 17.8 Å². The van der Waals surface area contributed by atoms with E-state index >= 15 is 0 Å². The van der Waals surface area contributed by atoms with Crippen LogP contribution in [-0.4, -0.2) is 27.0 Å². The Morgan fingerprint density at radius 1 is 0.923 bits per heavy atom. The van der Waals surface area contributed by atoms with E-state index in [0.717, 1.165) is 28.9 Å². The number of amides is 2. The molecular formula is C28H27F3N6O2. The standard InChI is InChI=1S/C28H27F3N6O2/c29-28(30,31)25-13-6-18(15-32-25)16-33-27(38)37-20-7-10-22(11-8-20)39-26-23-12-9-21(14-24(23)34-17-35-26)36-19-4-2-1-3-5-19/h6-15,17,19,36H,1-5,16H2,(H2,33,37,38). The van der Waals surface area contributed by atoms with Gasteiger partial charge < -0.3 is 20.7 Å². The number of carbonyl (C=O) groups excluding carboxylic acids is 1. The Balaban J connectivity index is 1.16. The van der Waals surface area contributed by atoms with E-state index in [0.29, 0.717) is 28.9 Å². The number of pyridine rings is 1. The first-order valence-corrected chi connectivity index (χ1v) is 12.7. The van der Waals surface area contributed by atoms with Crippen LogP contribution in [0.2, 0.25) is 0 Å². The third-order valence-corrected chi connectivity index (χ3v) is 6.47. The van der Waals surface area contributed by atoms with Crippen LogP contribution in [-0.2, 0) is 12.7 Å². The van der Waals surface area contributed by atoms with E-state index in [-0.39, 0.29) is 6.54 Å². The van der Waals surface area contributed by atoms with Crippen molar-refractivity contribution in [2.75, 3.05) is 10.6 Å². The predicted molar refractivity (Wildman–Crippen MR) is 142 cm³/mol. The molecule has 2 heterocycles. The Hall–Kier alpha value is -4.41. The first-order valence-electron chi connectivity index (χ1n) is 12.7. The number of benzene rings is 2. The van der Waals surface area contributed by atoms with Crippen LogP contribution < -0.4 is 20.7 Å². The van der Waals surface area contributed by atoms with E-state index in [9.17, 15) is 18.0 Å². The first kappa shape index (κ1) is 26.2. The second kappa shape index (κ2) is 11.5. The van der Waals surface area contributed by atoms with Crippen LogP contribution in [0.5, 0.6) is 11.6 Å². The highest BCUT2D eigenvalue weighted by Crippen LogP contribution is 2.30. The average Bonchev–Trinajstić information content (AvgIpc) is 2.93. The molecule has 1 aliphatic rings. The van der Waals surface area contributed by atoms with Gasteiger partial charge in [-0.15, -0.1) is 0 Å². The van der Waals surface area contributed by atoms with E-state index in [1.165, 1.54) is 44.5 Å². The van der Waals surface area contributed by atoms with Crippen LogP contribution >= 0.6 is 0 Å². The zero-order chi connectivity index (χ0) is 27.2. The molecular weight excluding hydrogens is 509 g/mol. The fourth-order valence-electron chi connectivity index (χ4n) is 4.46. The molecule has 2 amide bonds. The van der Waals surface area contributed by atoms with Crippen LogP contribution in [0, 0.1) is 0 Å². The Morgan fingerprint density at radius 3 is 2.41 bits per heavy atom. The molecule has 2 aromatic heterocycles. The second-order valence-corrected chi connectivity index (χ2v) is 9.37. The lowest BCUT2D eigenvalue weighted by molar-refractivity contribution is -0.141. The number of aromatic nitrogens is 3. The van der Waals surface area contributed by atoms with E-state index in [1.807, 2.05) is 18.2 Å². The van der Waals surface area contributed by atoms with Crippen molar-refractivity contribution in [2.45, 2.75) is 50.9 Å². The second-order valence-electron chi connectivity index (χ2n) is 9.37. The Kier molecular flexibility index (Phi) is 7.76. The van der Waals surface area contributed by atoms with Gasteiger partial charge in [0.2, 0.25) is 5.88 Å². The van der Waals surface area contributed by atoms with Gasteiger partial charge in [-0.3, -0.25) is 4.98 Å². The lowest BCUT2D eigenvalue weighted by Gasteiger charge is -2.24. The minimum atomic E-state index is -4.51. The fraction of sp³-hybridized carbons (Fsp3) is 0.286. The maximum absolute atomic E-state index is 12.6. The zero-order valence-corrected chi connectivity index (χ0v) is 21.0. The van der Waals surface area contributed by atoms with Gasteiger partial charge in [-0.05, 0) is 66.9 Å². The molecule has 0 unspecified atom stereocenters. The SMILES string of the molecule is O=C(NCc1ccc(C(F)(F)F)nc1)Nc1ccc(Oc2ncnc3cc(NC4CCCCC4)ccc23)cc1. The minimum absolute atomic E-state index is 0.0246. The van der Waals surface area contributed by atoms with Crippen molar-refractivity contribution in [2.24, 2.45) is 0 Å². The normalized spacial score (nSPS) is 14.1. The number of hydrogen-bond acceptors (Lipinski definition) is 6. The number of urea groups is 1. The Morgan fingerprint density at radius 2 is 1.69 bits per heavy atom. The molecule has 11 heteroatoms. The van der Waals surface area contributed by atoms with E-state index < -0.39 is 17.9 Å². The van der Waals surface area contributed by atoms with Crippen molar-refractivity contribution in [3.8, 4) is 11.6 Å². The molecule has 202 valence electrons. The van der Waals surface area contributed by atoms with Crippen LogP contribution in [0.25, 0.3) is 10.9 Å². The minimum Gasteiger partial charge on any atom is -0.438 e. The van der Waals surface area contributed by atoms with Gasteiger partial charge in [-0.1, -0.05) is 25.3 Å². The monoisotopic (exact) mass is 536 g/mol. The highest BCUT2D eigenvalue weighted by molar-refractivity contribution is 5.89. The van der Waals surface area contributed by atoms with Crippen molar-refractivity contribution < 1.29 is 22.7 Å². The summed E-state index contributed by atoms with van der Waals surface area (Å²) in [5.41, 5.74) is 1.78. The molecule has 0 atom stereocenters. The molecule has 0 aliphatic heterocycles. The summed E-state index contributed by atoms with van der Waals surface area (Å²) in [6, 6.07) is 14.8. The summed E-state index contributed by atoms with van der Waals surface area (Å²) in [6.45, 7) is 0.0246. The topological polar surface area (TPSA) is 101 Å². The molecule has 1 aliphatic carbocycles. The van der Waals surface area contributed by atoms with Crippen molar-refractivity contribution >= 4 is 28.3 Å². The summed E-state index contributed by atoms with van der Waals surface area (Å²) in [5, 5.41) is 9.64. The van der Waals surface area contributed by atoms with Gasteiger partial charge in [0.25, 0.3) is 0 Å². The van der Waals surface area contributed by atoms with Gasteiger partial charge in [-0.25, -0.2) is 14.8 Å². The molecule has 0 bridgehead atoms. The van der Waals surface area contributed by atoms with E-state index in [2.05, 4.69) is 30.9 Å².